The average molecular weight is 304 g/mol. The zero-order chi connectivity index (χ0) is 15.8. The van der Waals surface area contributed by atoms with E-state index in [4.69, 9.17) is 0 Å². The predicted octanol–water partition coefficient (Wildman–Crippen LogP) is 4.51. The van der Waals surface area contributed by atoms with Gasteiger partial charge in [-0.1, -0.05) is 37.6 Å². The van der Waals surface area contributed by atoms with Gasteiger partial charge in [0, 0.05) is 12.6 Å². The van der Waals surface area contributed by atoms with Gasteiger partial charge in [0.05, 0.1) is 22.0 Å². The van der Waals surface area contributed by atoms with E-state index in [-0.39, 0.29) is 0 Å². The molecule has 0 unspecified atom stereocenters. The second-order valence-electron chi connectivity index (χ2n) is 6.13. The summed E-state index contributed by atoms with van der Waals surface area (Å²) in [5.41, 5.74) is 6.12. The molecule has 0 amide bonds. The lowest BCUT2D eigenvalue weighted by molar-refractivity contribution is -0.616. The number of para-hydroxylation sites is 2. The number of rotatable bonds is 4. The van der Waals surface area contributed by atoms with Crippen LogP contribution in [0, 0.1) is 0 Å². The Morgan fingerprint density at radius 1 is 1.00 bits per heavy atom. The number of H-pyrrole nitrogens is 1. The monoisotopic (exact) mass is 304 g/mol. The Morgan fingerprint density at radius 2 is 1.74 bits per heavy atom. The molecule has 0 atom stereocenters. The van der Waals surface area contributed by atoms with Gasteiger partial charge in [-0.05, 0) is 24.6 Å². The molecule has 2 heterocycles. The van der Waals surface area contributed by atoms with Gasteiger partial charge in [-0.3, -0.25) is 0 Å². The third kappa shape index (κ3) is 2.15. The molecule has 0 saturated heterocycles. The van der Waals surface area contributed by atoms with Gasteiger partial charge >= 0.3 is 0 Å². The normalized spacial score (nSPS) is 11.6. The SMILES string of the molecule is CCCCNc1c2ccccc2[n+](C)c2c1[nH]c1ccccc12. The standard InChI is InChI=1S/C20H21N3/c1-3-4-13-21-18-15-10-6-8-12-17(15)23(2)20-14-9-5-7-11-16(14)22-19(18)20/h5-12H,3-4,13H2,1-2H3,(H,21,22)/p+1. The second kappa shape index (κ2) is 5.58. The number of fused-ring (bicyclic) bond motifs is 4. The zero-order valence-electron chi connectivity index (χ0n) is 13.7. The first-order valence-electron chi connectivity index (χ1n) is 8.36. The van der Waals surface area contributed by atoms with Gasteiger partial charge in [-0.2, -0.15) is 4.57 Å². The fourth-order valence-corrected chi connectivity index (χ4v) is 3.46. The number of nitrogens with one attached hydrogen (secondary N) is 2. The minimum absolute atomic E-state index is 0.999. The number of aromatic amines is 1. The van der Waals surface area contributed by atoms with Gasteiger partial charge in [0.2, 0.25) is 11.0 Å². The summed E-state index contributed by atoms with van der Waals surface area (Å²) in [5.74, 6) is 0. The molecule has 0 radical (unpaired) electrons. The molecule has 4 aromatic rings. The van der Waals surface area contributed by atoms with Crippen molar-refractivity contribution in [2.75, 3.05) is 11.9 Å². The number of nitrogens with zero attached hydrogens (tertiary/aromatic N) is 1. The molecule has 2 aromatic heterocycles. The van der Waals surface area contributed by atoms with E-state index in [1.54, 1.807) is 0 Å². The van der Waals surface area contributed by atoms with Gasteiger partial charge in [-0.25, -0.2) is 0 Å². The van der Waals surface area contributed by atoms with E-state index < -0.39 is 0 Å². The van der Waals surface area contributed by atoms with Gasteiger partial charge < -0.3 is 10.3 Å². The predicted molar refractivity (Wildman–Crippen MR) is 97.9 cm³/mol. The number of hydrogen-bond donors (Lipinski definition) is 2. The van der Waals surface area contributed by atoms with E-state index in [1.807, 2.05) is 0 Å². The molecule has 2 N–H and O–H groups in total. The molecule has 23 heavy (non-hydrogen) atoms. The Labute approximate surface area is 135 Å². The molecule has 0 bridgehead atoms. The molecule has 3 nitrogen and oxygen atoms in total. The topological polar surface area (TPSA) is 31.7 Å². The van der Waals surface area contributed by atoms with Crippen LogP contribution in [0.3, 0.4) is 0 Å². The highest BCUT2D eigenvalue weighted by atomic mass is 15.0. The van der Waals surface area contributed by atoms with Crippen LogP contribution in [-0.2, 0) is 7.05 Å². The number of aromatic nitrogens is 2. The summed E-state index contributed by atoms with van der Waals surface area (Å²) in [6.45, 7) is 3.22. The van der Waals surface area contributed by atoms with Gasteiger partial charge in [0.25, 0.3) is 0 Å². The lowest BCUT2D eigenvalue weighted by Crippen LogP contribution is -2.30. The molecular weight excluding hydrogens is 282 g/mol. The molecule has 0 aliphatic heterocycles. The molecule has 0 aliphatic rings. The minimum atomic E-state index is 0.999. The summed E-state index contributed by atoms with van der Waals surface area (Å²) in [5, 5.41) is 6.22. The van der Waals surface area contributed by atoms with E-state index in [9.17, 15) is 0 Å². The highest BCUT2D eigenvalue weighted by molar-refractivity contribution is 6.13. The highest BCUT2D eigenvalue weighted by Gasteiger charge is 2.21. The van der Waals surface area contributed by atoms with Crippen LogP contribution in [-0.4, -0.2) is 11.5 Å². The number of benzene rings is 2. The van der Waals surface area contributed by atoms with Crippen LogP contribution in [0.15, 0.2) is 48.5 Å². The first-order chi connectivity index (χ1) is 11.3. The molecule has 0 saturated carbocycles. The van der Waals surface area contributed by atoms with Crippen LogP contribution >= 0.6 is 0 Å². The molecule has 4 rings (SSSR count). The first kappa shape index (κ1) is 14.1. The van der Waals surface area contributed by atoms with Crippen LogP contribution in [0.5, 0.6) is 0 Å². The number of pyridine rings is 1. The third-order valence-corrected chi connectivity index (χ3v) is 4.63. The van der Waals surface area contributed by atoms with Crippen molar-refractivity contribution in [3.05, 3.63) is 48.5 Å². The van der Waals surface area contributed by atoms with Crippen LogP contribution in [0.2, 0.25) is 0 Å². The zero-order valence-corrected chi connectivity index (χ0v) is 13.7. The quantitative estimate of drug-likeness (QED) is 0.422. The molecular formula is C20H22N3+. The maximum Gasteiger partial charge on any atom is 0.240 e. The summed E-state index contributed by atoms with van der Waals surface area (Å²) in [4.78, 5) is 3.62. The number of anilines is 1. The lowest BCUT2D eigenvalue weighted by Gasteiger charge is -2.10. The van der Waals surface area contributed by atoms with Crippen molar-refractivity contribution in [3.8, 4) is 0 Å². The van der Waals surface area contributed by atoms with Crippen LogP contribution in [0.4, 0.5) is 5.69 Å². The lowest BCUT2D eigenvalue weighted by atomic mass is 10.1. The fourth-order valence-electron chi connectivity index (χ4n) is 3.46. The number of aryl methyl sites for hydroxylation is 1. The molecule has 3 heteroatoms. The van der Waals surface area contributed by atoms with E-state index in [2.05, 4.69) is 77.4 Å². The van der Waals surface area contributed by atoms with Gasteiger partial charge in [0.15, 0.2) is 0 Å². The van der Waals surface area contributed by atoms with Crippen molar-refractivity contribution in [1.82, 2.24) is 4.98 Å². The van der Waals surface area contributed by atoms with Gasteiger partial charge in [-0.15, -0.1) is 0 Å². The Morgan fingerprint density at radius 3 is 2.57 bits per heavy atom. The highest BCUT2D eigenvalue weighted by Crippen LogP contribution is 2.33. The maximum atomic E-state index is 3.68. The summed E-state index contributed by atoms with van der Waals surface area (Å²) in [6, 6.07) is 17.2. The first-order valence-corrected chi connectivity index (χ1v) is 8.36. The van der Waals surface area contributed by atoms with E-state index in [0.717, 1.165) is 6.54 Å². The third-order valence-electron chi connectivity index (χ3n) is 4.63. The molecule has 0 spiro atoms. The van der Waals surface area contributed by atoms with Crippen molar-refractivity contribution < 1.29 is 4.57 Å². The number of unbranched alkanes of at least 4 members (excludes halogenated alkanes) is 1. The van der Waals surface area contributed by atoms with E-state index in [0.29, 0.717) is 0 Å². The Hall–Kier alpha value is -2.55. The minimum Gasteiger partial charge on any atom is -0.382 e. The van der Waals surface area contributed by atoms with E-state index in [1.165, 1.54) is 51.4 Å². The van der Waals surface area contributed by atoms with Crippen LogP contribution < -0.4 is 9.88 Å². The summed E-state index contributed by atoms with van der Waals surface area (Å²) >= 11 is 0. The molecule has 0 aliphatic carbocycles. The van der Waals surface area contributed by atoms with Crippen LogP contribution in [0.1, 0.15) is 19.8 Å². The van der Waals surface area contributed by atoms with Gasteiger partial charge in [0.1, 0.15) is 12.6 Å². The Kier molecular flexibility index (Phi) is 3.41. The average Bonchev–Trinajstić information content (AvgIpc) is 2.97. The molecule has 0 fully saturated rings. The Bertz CT molecular complexity index is 998. The van der Waals surface area contributed by atoms with E-state index >= 15 is 0 Å². The summed E-state index contributed by atoms with van der Waals surface area (Å²) in [7, 11) is 2.15. The van der Waals surface area contributed by atoms with Crippen molar-refractivity contribution in [1.29, 1.82) is 0 Å². The van der Waals surface area contributed by atoms with Crippen LogP contribution in [0.25, 0.3) is 32.8 Å². The Balaban J connectivity index is 2.11. The smallest absolute Gasteiger partial charge is 0.240 e. The number of hydrogen-bond acceptors (Lipinski definition) is 1. The second-order valence-corrected chi connectivity index (χ2v) is 6.13. The molecule has 2 aromatic carbocycles. The molecule has 116 valence electrons. The van der Waals surface area contributed by atoms with Crippen molar-refractivity contribution in [3.63, 3.8) is 0 Å². The maximum absolute atomic E-state index is 3.68. The fraction of sp³-hybridized carbons (Fsp3) is 0.250. The summed E-state index contributed by atoms with van der Waals surface area (Å²) < 4.78 is 2.30. The summed E-state index contributed by atoms with van der Waals surface area (Å²) in [6.07, 6.45) is 2.37. The van der Waals surface area contributed by atoms with Crippen molar-refractivity contribution in [2.45, 2.75) is 19.8 Å². The van der Waals surface area contributed by atoms with Crippen molar-refractivity contribution in [2.24, 2.45) is 7.05 Å². The van der Waals surface area contributed by atoms with Crippen molar-refractivity contribution >= 4 is 38.5 Å². The largest absolute Gasteiger partial charge is 0.382 e.